The molecule has 35 heavy (non-hydrogen) atoms. The molecule has 0 aliphatic heterocycles. The topological polar surface area (TPSA) is 66.4 Å². The molecule has 196 valence electrons. The van der Waals surface area contributed by atoms with Crippen molar-refractivity contribution < 1.29 is 13.9 Å². The smallest absolute Gasteiger partial charge is 0.221 e. The summed E-state index contributed by atoms with van der Waals surface area (Å²) in [7, 11) is -0.636. The summed E-state index contributed by atoms with van der Waals surface area (Å²) in [6.07, 6.45) is 12.7. The second-order valence-corrected chi connectivity index (χ2v) is 11.0. The van der Waals surface area contributed by atoms with Gasteiger partial charge in [-0.15, -0.1) is 10.2 Å². The van der Waals surface area contributed by atoms with Crippen LogP contribution in [0, 0.1) is 11.8 Å². The summed E-state index contributed by atoms with van der Waals surface area (Å²) in [6.45, 7) is 11.5. The average molecular weight is 502 g/mol. The van der Waals surface area contributed by atoms with Crippen molar-refractivity contribution in [2.24, 2.45) is 11.8 Å². The highest BCUT2D eigenvalue weighted by molar-refractivity contribution is 6.28. The molecule has 2 heterocycles. The van der Waals surface area contributed by atoms with Crippen LogP contribution in [0.1, 0.15) is 85.5 Å². The molecule has 2 rings (SSSR count). The van der Waals surface area contributed by atoms with Gasteiger partial charge in [0.1, 0.15) is 11.4 Å². The van der Waals surface area contributed by atoms with E-state index in [1.54, 1.807) is 6.20 Å². The third-order valence-electron chi connectivity index (χ3n) is 6.30. The molecule has 0 saturated heterocycles. The highest BCUT2D eigenvalue weighted by Crippen LogP contribution is 2.21. The van der Waals surface area contributed by atoms with Gasteiger partial charge in [0.05, 0.1) is 18.5 Å². The largest absolute Gasteiger partial charge is 0.535 e. The lowest BCUT2D eigenvalue weighted by molar-refractivity contribution is 0.123. The Labute approximate surface area is 215 Å². The molecule has 0 spiro atoms. The molecule has 0 fully saturated rings. The lowest BCUT2D eigenvalue weighted by Gasteiger charge is -2.15. The standard InChI is InChI=1S/C28H47N3O3Si/c1-5-7-11-23(3)12-13-24(4)22-35-34-28-17-16-27(30-31-28)26-15-14-25(21-29-26)33-20-10-9-19-32-18-8-6-2/h14-17,21,23-24H,5-13,18-20,22,35H2,1-4H3. The van der Waals surface area contributed by atoms with E-state index in [-0.39, 0.29) is 0 Å². The first-order valence-corrected chi connectivity index (χ1v) is 15.3. The number of unbranched alkanes of at least 4 members (excludes halogenated alkanes) is 3. The predicted molar refractivity (Wildman–Crippen MR) is 147 cm³/mol. The average Bonchev–Trinajstić information content (AvgIpc) is 2.88. The van der Waals surface area contributed by atoms with Crippen LogP contribution >= 0.6 is 0 Å². The first-order valence-electron chi connectivity index (χ1n) is 13.8. The SMILES string of the molecule is CCCCOCCCCOc1ccc(-c2ccc(O[SiH2]CC(C)CCC(C)CCCC)nn2)nc1. The van der Waals surface area contributed by atoms with Crippen molar-refractivity contribution in [3.05, 3.63) is 30.5 Å². The van der Waals surface area contributed by atoms with Gasteiger partial charge in [-0.05, 0) is 55.3 Å². The van der Waals surface area contributed by atoms with Gasteiger partial charge in [-0.3, -0.25) is 4.98 Å². The molecular formula is C28H47N3O3Si. The number of ether oxygens (including phenoxy) is 2. The van der Waals surface area contributed by atoms with Crippen molar-refractivity contribution in [1.82, 2.24) is 15.2 Å². The fourth-order valence-corrected chi connectivity index (χ4v) is 4.94. The molecule has 0 aromatic carbocycles. The molecular weight excluding hydrogens is 454 g/mol. The van der Waals surface area contributed by atoms with Crippen LogP contribution in [0.3, 0.4) is 0 Å². The van der Waals surface area contributed by atoms with Crippen molar-refractivity contribution in [2.45, 2.75) is 91.5 Å². The molecule has 2 atom stereocenters. The molecule has 0 N–H and O–H groups in total. The Balaban J connectivity index is 1.64. The number of hydrogen-bond acceptors (Lipinski definition) is 6. The van der Waals surface area contributed by atoms with E-state index in [0.717, 1.165) is 61.4 Å². The summed E-state index contributed by atoms with van der Waals surface area (Å²) in [5.41, 5.74) is 1.52. The molecule has 0 saturated carbocycles. The summed E-state index contributed by atoms with van der Waals surface area (Å²) in [6, 6.07) is 8.87. The third kappa shape index (κ3) is 13.0. The van der Waals surface area contributed by atoms with E-state index in [1.165, 1.54) is 44.6 Å². The second-order valence-electron chi connectivity index (χ2n) is 9.72. The molecule has 0 amide bonds. The molecule has 0 aliphatic carbocycles. The highest BCUT2D eigenvalue weighted by Gasteiger charge is 2.09. The zero-order chi connectivity index (χ0) is 25.1. The minimum absolute atomic E-state index is 0.627. The van der Waals surface area contributed by atoms with E-state index in [4.69, 9.17) is 13.9 Å². The molecule has 7 heteroatoms. The van der Waals surface area contributed by atoms with Crippen LogP contribution in [-0.2, 0) is 4.74 Å². The molecule has 6 nitrogen and oxygen atoms in total. The number of rotatable bonds is 20. The zero-order valence-electron chi connectivity index (χ0n) is 22.5. The summed E-state index contributed by atoms with van der Waals surface area (Å²) in [4.78, 5) is 4.48. The molecule has 0 bridgehead atoms. The van der Waals surface area contributed by atoms with E-state index < -0.39 is 9.76 Å². The quantitative estimate of drug-likeness (QED) is 0.150. The highest BCUT2D eigenvalue weighted by atomic mass is 28.2. The lowest BCUT2D eigenvalue weighted by Crippen LogP contribution is -2.09. The summed E-state index contributed by atoms with van der Waals surface area (Å²) in [5, 5.41) is 8.57. The maximum Gasteiger partial charge on any atom is 0.221 e. The third-order valence-corrected chi connectivity index (χ3v) is 8.02. The normalized spacial score (nSPS) is 13.3. The van der Waals surface area contributed by atoms with Crippen LogP contribution in [0.5, 0.6) is 11.6 Å². The minimum atomic E-state index is -0.636. The Hall–Kier alpha value is -1.99. The van der Waals surface area contributed by atoms with Gasteiger partial charge in [-0.2, -0.15) is 0 Å². The maximum absolute atomic E-state index is 5.97. The molecule has 2 unspecified atom stereocenters. The van der Waals surface area contributed by atoms with Crippen molar-refractivity contribution in [3.63, 3.8) is 0 Å². The van der Waals surface area contributed by atoms with Gasteiger partial charge in [-0.25, -0.2) is 0 Å². The fourth-order valence-electron chi connectivity index (χ4n) is 3.77. The Bertz CT molecular complexity index is 774. The van der Waals surface area contributed by atoms with Crippen LogP contribution in [0.15, 0.2) is 30.5 Å². The lowest BCUT2D eigenvalue weighted by atomic mass is 9.95. The van der Waals surface area contributed by atoms with E-state index in [9.17, 15) is 0 Å². The minimum Gasteiger partial charge on any atom is -0.535 e. The van der Waals surface area contributed by atoms with Gasteiger partial charge in [-0.1, -0.05) is 66.2 Å². The van der Waals surface area contributed by atoms with Gasteiger partial charge >= 0.3 is 0 Å². The predicted octanol–water partition coefficient (Wildman–Crippen LogP) is 6.64. The first-order chi connectivity index (χ1) is 17.1. The molecule has 2 aromatic heterocycles. The van der Waals surface area contributed by atoms with Crippen LogP contribution in [0.2, 0.25) is 6.04 Å². The van der Waals surface area contributed by atoms with E-state index in [1.807, 2.05) is 24.3 Å². The first kappa shape index (κ1) is 29.2. The number of nitrogens with zero attached hydrogens (tertiary/aromatic N) is 3. The van der Waals surface area contributed by atoms with Crippen molar-refractivity contribution >= 4 is 9.76 Å². The Kier molecular flexibility index (Phi) is 15.3. The van der Waals surface area contributed by atoms with Crippen LogP contribution < -0.4 is 9.16 Å². The second kappa shape index (κ2) is 18.3. The van der Waals surface area contributed by atoms with Crippen LogP contribution in [0.25, 0.3) is 11.4 Å². The monoisotopic (exact) mass is 501 g/mol. The molecule has 0 aliphatic rings. The number of hydrogen-bond donors (Lipinski definition) is 0. The Morgan fingerprint density at radius 3 is 2.23 bits per heavy atom. The van der Waals surface area contributed by atoms with Gasteiger partial charge in [0.25, 0.3) is 0 Å². The summed E-state index contributed by atoms with van der Waals surface area (Å²) < 4.78 is 17.3. The summed E-state index contributed by atoms with van der Waals surface area (Å²) in [5.74, 6) is 2.96. The van der Waals surface area contributed by atoms with E-state index >= 15 is 0 Å². The molecule has 0 radical (unpaired) electrons. The van der Waals surface area contributed by atoms with Crippen molar-refractivity contribution in [2.75, 3.05) is 19.8 Å². The van der Waals surface area contributed by atoms with E-state index in [0.29, 0.717) is 12.5 Å². The van der Waals surface area contributed by atoms with Gasteiger partial charge in [0.2, 0.25) is 15.6 Å². The van der Waals surface area contributed by atoms with Gasteiger partial charge < -0.3 is 13.9 Å². The van der Waals surface area contributed by atoms with Crippen LogP contribution in [-0.4, -0.2) is 44.8 Å². The van der Waals surface area contributed by atoms with Gasteiger partial charge in [0, 0.05) is 19.3 Å². The van der Waals surface area contributed by atoms with Crippen molar-refractivity contribution in [3.8, 4) is 23.0 Å². The van der Waals surface area contributed by atoms with E-state index in [2.05, 4.69) is 42.9 Å². The molecule has 2 aromatic rings. The van der Waals surface area contributed by atoms with Gasteiger partial charge in [0.15, 0.2) is 0 Å². The van der Waals surface area contributed by atoms with Crippen LogP contribution in [0.4, 0.5) is 0 Å². The summed E-state index contributed by atoms with van der Waals surface area (Å²) >= 11 is 0. The Morgan fingerprint density at radius 1 is 0.771 bits per heavy atom. The number of pyridine rings is 1. The fraction of sp³-hybridized carbons (Fsp3) is 0.679. The zero-order valence-corrected chi connectivity index (χ0v) is 23.9. The maximum atomic E-state index is 5.97. The Morgan fingerprint density at radius 2 is 1.51 bits per heavy atom. The van der Waals surface area contributed by atoms with Crippen molar-refractivity contribution in [1.29, 1.82) is 0 Å². The number of aromatic nitrogens is 3.